The summed E-state index contributed by atoms with van der Waals surface area (Å²) in [6.45, 7) is 1.97. The molecule has 4 heteroatoms. The van der Waals surface area contributed by atoms with Gasteiger partial charge >= 0.3 is 0 Å². The van der Waals surface area contributed by atoms with Crippen molar-refractivity contribution in [1.29, 1.82) is 0 Å². The number of morpholine rings is 1. The highest BCUT2D eigenvalue weighted by atomic mass is 35.5. The predicted octanol–water partition coefficient (Wildman–Crippen LogP) is 3.32. The number of thiophene rings is 1. The third-order valence-electron chi connectivity index (χ3n) is 3.52. The first-order valence-corrected chi connectivity index (χ1v) is 6.75. The Kier molecular flexibility index (Phi) is 4.11. The summed E-state index contributed by atoms with van der Waals surface area (Å²) in [5.41, 5.74) is 0. The average molecular weight is 260 g/mol. The standard InChI is InChI=1S/C12H17NOS.ClH/c1-2-5-11-10(4-1)13(7-8-14-11)12-6-3-9-15-12;/h3,6,9-11H,1-2,4-5,7-8H2;1H/t10-,11+;/m1./s1. The van der Waals surface area contributed by atoms with E-state index >= 15 is 0 Å². The second kappa shape index (κ2) is 5.39. The van der Waals surface area contributed by atoms with E-state index < -0.39 is 0 Å². The zero-order valence-corrected chi connectivity index (χ0v) is 10.9. The lowest BCUT2D eigenvalue weighted by Crippen LogP contribution is -2.52. The summed E-state index contributed by atoms with van der Waals surface area (Å²) in [5, 5.41) is 3.60. The maximum Gasteiger partial charge on any atom is 0.0912 e. The second-order valence-corrected chi connectivity index (χ2v) is 5.33. The molecule has 16 heavy (non-hydrogen) atoms. The van der Waals surface area contributed by atoms with Crippen molar-refractivity contribution in [3.05, 3.63) is 17.5 Å². The second-order valence-electron chi connectivity index (χ2n) is 4.41. The van der Waals surface area contributed by atoms with Crippen molar-refractivity contribution >= 4 is 28.7 Å². The van der Waals surface area contributed by atoms with Crippen LogP contribution in [0.3, 0.4) is 0 Å². The van der Waals surface area contributed by atoms with Crippen molar-refractivity contribution in [3.63, 3.8) is 0 Å². The van der Waals surface area contributed by atoms with E-state index in [2.05, 4.69) is 22.4 Å². The summed E-state index contributed by atoms with van der Waals surface area (Å²) < 4.78 is 5.87. The normalized spacial score (nSPS) is 29.4. The minimum atomic E-state index is 0. The maximum absolute atomic E-state index is 5.87. The highest BCUT2D eigenvalue weighted by molar-refractivity contribution is 7.14. The Labute approximate surface area is 107 Å². The third-order valence-corrected chi connectivity index (χ3v) is 4.43. The zero-order chi connectivity index (χ0) is 10.1. The molecule has 0 bridgehead atoms. The van der Waals surface area contributed by atoms with Gasteiger partial charge in [-0.1, -0.05) is 12.8 Å². The van der Waals surface area contributed by atoms with Crippen molar-refractivity contribution in [2.75, 3.05) is 18.1 Å². The Morgan fingerprint density at radius 3 is 3.00 bits per heavy atom. The molecule has 0 radical (unpaired) electrons. The number of halogens is 1. The molecule has 2 nitrogen and oxygen atoms in total. The van der Waals surface area contributed by atoms with Crippen LogP contribution in [0.5, 0.6) is 0 Å². The molecule has 1 aliphatic heterocycles. The van der Waals surface area contributed by atoms with Crippen LogP contribution in [-0.4, -0.2) is 25.3 Å². The van der Waals surface area contributed by atoms with Crippen LogP contribution in [0, 0.1) is 0 Å². The fraction of sp³-hybridized carbons (Fsp3) is 0.667. The van der Waals surface area contributed by atoms with Gasteiger partial charge in [0.2, 0.25) is 0 Å². The molecule has 0 unspecified atom stereocenters. The molecule has 90 valence electrons. The molecule has 1 aliphatic carbocycles. The molecule has 0 aromatic carbocycles. The SMILES string of the molecule is Cl.c1csc(N2CCO[C@H]3CCCC[C@H]32)c1. The Balaban J connectivity index is 0.000000963. The Bertz CT molecular complexity index is 315. The van der Waals surface area contributed by atoms with Crippen LogP contribution >= 0.6 is 23.7 Å². The lowest BCUT2D eigenvalue weighted by atomic mass is 9.90. The molecule has 1 saturated heterocycles. The third kappa shape index (κ3) is 2.22. The van der Waals surface area contributed by atoms with Gasteiger partial charge in [-0.15, -0.1) is 23.7 Å². The summed E-state index contributed by atoms with van der Waals surface area (Å²) in [5.74, 6) is 0. The first kappa shape index (κ1) is 12.2. The topological polar surface area (TPSA) is 12.5 Å². The average Bonchev–Trinajstić information content (AvgIpc) is 2.82. The van der Waals surface area contributed by atoms with Gasteiger partial charge in [0.25, 0.3) is 0 Å². The molecule has 0 N–H and O–H groups in total. The van der Waals surface area contributed by atoms with Gasteiger partial charge < -0.3 is 9.64 Å². The van der Waals surface area contributed by atoms with Gasteiger partial charge in [0.15, 0.2) is 0 Å². The van der Waals surface area contributed by atoms with Crippen LogP contribution in [0.2, 0.25) is 0 Å². The summed E-state index contributed by atoms with van der Waals surface area (Å²) in [6, 6.07) is 5.03. The number of ether oxygens (including phenoxy) is 1. The van der Waals surface area contributed by atoms with Gasteiger partial charge in [0.1, 0.15) is 0 Å². The molecule has 2 aliphatic rings. The Morgan fingerprint density at radius 2 is 2.19 bits per heavy atom. The molecule has 1 saturated carbocycles. The van der Waals surface area contributed by atoms with E-state index in [0.717, 1.165) is 13.2 Å². The van der Waals surface area contributed by atoms with E-state index in [9.17, 15) is 0 Å². The minimum absolute atomic E-state index is 0. The van der Waals surface area contributed by atoms with Gasteiger partial charge in [-0.25, -0.2) is 0 Å². The molecule has 0 spiro atoms. The van der Waals surface area contributed by atoms with Gasteiger partial charge in [-0.3, -0.25) is 0 Å². The van der Waals surface area contributed by atoms with E-state index in [1.807, 2.05) is 11.3 Å². The number of hydrogen-bond donors (Lipinski definition) is 0. The molecule has 1 aromatic heterocycles. The monoisotopic (exact) mass is 259 g/mol. The van der Waals surface area contributed by atoms with Gasteiger partial charge in [0, 0.05) is 6.54 Å². The largest absolute Gasteiger partial charge is 0.374 e. The molecule has 2 fully saturated rings. The lowest BCUT2D eigenvalue weighted by Gasteiger charge is -2.44. The summed E-state index contributed by atoms with van der Waals surface area (Å²) in [7, 11) is 0. The molecule has 3 rings (SSSR count). The minimum Gasteiger partial charge on any atom is -0.374 e. The van der Waals surface area contributed by atoms with Crippen LogP contribution in [0.1, 0.15) is 25.7 Å². The van der Waals surface area contributed by atoms with Crippen LogP contribution in [0.4, 0.5) is 5.00 Å². The molecule has 2 heterocycles. The van der Waals surface area contributed by atoms with Crippen molar-refractivity contribution in [3.8, 4) is 0 Å². The van der Waals surface area contributed by atoms with Gasteiger partial charge in [0.05, 0.1) is 23.8 Å². The van der Waals surface area contributed by atoms with E-state index in [1.165, 1.54) is 30.7 Å². The molecule has 2 atom stereocenters. The number of hydrogen-bond acceptors (Lipinski definition) is 3. The Hall–Kier alpha value is -0.250. The summed E-state index contributed by atoms with van der Waals surface area (Å²) >= 11 is 1.86. The first-order valence-electron chi connectivity index (χ1n) is 5.87. The maximum atomic E-state index is 5.87. The number of rotatable bonds is 1. The van der Waals surface area contributed by atoms with Crippen LogP contribution in [-0.2, 0) is 4.74 Å². The highest BCUT2D eigenvalue weighted by Gasteiger charge is 2.34. The van der Waals surface area contributed by atoms with Gasteiger partial charge in [-0.05, 0) is 30.4 Å². The summed E-state index contributed by atoms with van der Waals surface area (Å²) in [6.07, 6.45) is 5.77. The lowest BCUT2D eigenvalue weighted by molar-refractivity contribution is -0.00840. The van der Waals surface area contributed by atoms with Crippen LogP contribution < -0.4 is 4.90 Å². The number of fused-ring (bicyclic) bond motifs is 1. The molecular formula is C12H18ClNOS. The van der Waals surface area contributed by atoms with E-state index in [4.69, 9.17) is 4.74 Å². The predicted molar refractivity (Wildman–Crippen MR) is 70.9 cm³/mol. The fourth-order valence-electron chi connectivity index (χ4n) is 2.80. The van der Waals surface area contributed by atoms with Crippen LogP contribution in [0.25, 0.3) is 0 Å². The van der Waals surface area contributed by atoms with Crippen LogP contribution in [0.15, 0.2) is 17.5 Å². The smallest absolute Gasteiger partial charge is 0.0912 e. The number of nitrogens with zero attached hydrogens (tertiary/aromatic N) is 1. The molecule has 0 amide bonds. The van der Waals surface area contributed by atoms with Crippen molar-refractivity contribution in [2.24, 2.45) is 0 Å². The highest BCUT2D eigenvalue weighted by Crippen LogP contribution is 2.33. The fourth-order valence-corrected chi connectivity index (χ4v) is 3.62. The number of anilines is 1. The van der Waals surface area contributed by atoms with Crippen molar-refractivity contribution in [1.82, 2.24) is 0 Å². The quantitative estimate of drug-likeness (QED) is 0.767. The Morgan fingerprint density at radius 1 is 1.31 bits per heavy atom. The van der Waals surface area contributed by atoms with Gasteiger partial charge in [-0.2, -0.15) is 0 Å². The molecular weight excluding hydrogens is 242 g/mol. The summed E-state index contributed by atoms with van der Waals surface area (Å²) in [4.78, 5) is 2.57. The molecule has 1 aromatic rings. The van der Waals surface area contributed by atoms with E-state index in [-0.39, 0.29) is 12.4 Å². The zero-order valence-electron chi connectivity index (χ0n) is 9.30. The van der Waals surface area contributed by atoms with Crippen molar-refractivity contribution in [2.45, 2.75) is 37.8 Å². The van der Waals surface area contributed by atoms with Crippen molar-refractivity contribution < 1.29 is 4.74 Å². The van der Waals surface area contributed by atoms with E-state index in [1.54, 1.807) is 0 Å². The van der Waals surface area contributed by atoms with E-state index in [0.29, 0.717) is 12.1 Å². The first-order chi connectivity index (χ1) is 7.45.